The fourth-order valence-corrected chi connectivity index (χ4v) is 4.74. The quantitative estimate of drug-likeness (QED) is 0.339. The molecule has 0 bridgehead atoms. The Balaban J connectivity index is 1.83. The molecular formula is C27H32N2O7. The van der Waals surface area contributed by atoms with Crippen LogP contribution < -0.4 is 14.2 Å². The highest BCUT2D eigenvalue weighted by molar-refractivity contribution is 6.46. The van der Waals surface area contributed by atoms with Gasteiger partial charge in [0.2, 0.25) is 0 Å². The highest BCUT2D eigenvalue weighted by Crippen LogP contribution is 2.44. The summed E-state index contributed by atoms with van der Waals surface area (Å²) >= 11 is 0. The maximum atomic E-state index is 13.4. The van der Waals surface area contributed by atoms with Crippen LogP contribution in [0.2, 0.25) is 0 Å². The minimum Gasteiger partial charge on any atom is -0.507 e. The van der Waals surface area contributed by atoms with Crippen molar-refractivity contribution < 1.29 is 33.6 Å². The van der Waals surface area contributed by atoms with Crippen molar-refractivity contribution in [3.8, 4) is 17.2 Å². The van der Waals surface area contributed by atoms with Gasteiger partial charge in [-0.2, -0.15) is 0 Å². The average molecular weight is 497 g/mol. The molecule has 0 saturated carbocycles. The first-order valence-electron chi connectivity index (χ1n) is 11.8. The first-order valence-corrected chi connectivity index (χ1v) is 11.8. The average Bonchev–Trinajstić information content (AvgIpc) is 3.16. The van der Waals surface area contributed by atoms with Gasteiger partial charge in [0.15, 0.2) is 0 Å². The number of Topliss-reactive ketones (excluding diaryl/α,β-unsaturated/α-hetero) is 1. The van der Waals surface area contributed by atoms with E-state index in [1.807, 2.05) is 6.92 Å². The molecule has 9 heteroatoms. The number of ether oxygens (including phenoxy) is 4. The summed E-state index contributed by atoms with van der Waals surface area (Å²) in [7, 11) is 4.63. The van der Waals surface area contributed by atoms with Crippen molar-refractivity contribution in [3.63, 3.8) is 0 Å². The zero-order valence-corrected chi connectivity index (χ0v) is 21.1. The van der Waals surface area contributed by atoms with Crippen molar-refractivity contribution in [1.82, 2.24) is 9.80 Å². The second-order valence-electron chi connectivity index (χ2n) is 8.74. The largest absolute Gasteiger partial charge is 0.507 e. The fourth-order valence-electron chi connectivity index (χ4n) is 4.74. The van der Waals surface area contributed by atoms with E-state index in [0.717, 1.165) is 18.7 Å². The number of rotatable bonds is 8. The number of aliphatic hydroxyl groups excluding tert-OH is 1. The Labute approximate surface area is 210 Å². The maximum absolute atomic E-state index is 13.4. The molecule has 4 rings (SSSR count). The Hall–Kier alpha value is -3.56. The SMILES string of the molecule is COc1ccc(OC)c([C@H]2C(=C(O)c3ccc(OC)c(C)c3)C(=O)C(=O)N2CCN2CCOCC2)c1. The highest BCUT2D eigenvalue weighted by atomic mass is 16.5. The van der Waals surface area contributed by atoms with Gasteiger partial charge >= 0.3 is 0 Å². The summed E-state index contributed by atoms with van der Waals surface area (Å²) in [5, 5.41) is 11.4. The van der Waals surface area contributed by atoms with Crippen molar-refractivity contribution in [2.24, 2.45) is 0 Å². The molecule has 2 aliphatic rings. The standard InChI is InChI=1S/C27H32N2O7/c1-17-15-18(5-7-21(17)34-3)25(30)23-24(20-16-19(33-2)6-8-22(20)35-4)29(27(32)26(23)31)10-9-28-11-13-36-14-12-28/h5-8,15-16,24,30H,9-14H2,1-4H3/t24-/m0/s1. The molecule has 0 aromatic heterocycles. The van der Waals surface area contributed by atoms with Crippen LogP contribution in [-0.2, 0) is 14.3 Å². The number of hydrogen-bond acceptors (Lipinski definition) is 8. The van der Waals surface area contributed by atoms with Crippen molar-refractivity contribution >= 4 is 17.4 Å². The van der Waals surface area contributed by atoms with E-state index in [-0.39, 0.29) is 11.3 Å². The summed E-state index contributed by atoms with van der Waals surface area (Å²) in [4.78, 5) is 30.4. The monoisotopic (exact) mass is 496 g/mol. The number of carbonyl (C=O) groups is 2. The van der Waals surface area contributed by atoms with E-state index in [0.29, 0.717) is 54.7 Å². The van der Waals surface area contributed by atoms with Crippen LogP contribution in [-0.4, -0.2) is 87.3 Å². The molecule has 9 nitrogen and oxygen atoms in total. The van der Waals surface area contributed by atoms with Crippen LogP contribution in [0.5, 0.6) is 17.2 Å². The summed E-state index contributed by atoms with van der Waals surface area (Å²) in [6.07, 6.45) is 0. The topological polar surface area (TPSA) is 97.8 Å². The minimum absolute atomic E-state index is 0.0121. The van der Waals surface area contributed by atoms with Crippen LogP contribution in [0.1, 0.15) is 22.7 Å². The zero-order chi connectivity index (χ0) is 25.8. The Bertz CT molecular complexity index is 1170. The molecule has 0 aliphatic carbocycles. The number of likely N-dealkylation sites (tertiary alicyclic amines) is 1. The molecular weight excluding hydrogens is 464 g/mol. The number of benzene rings is 2. The number of morpholine rings is 1. The molecule has 0 radical (unpaired) electrons. The molecule has 2 fully saturated rings. The van der Waals surface area contributed by atoms with Gasteiger partial charge in [0.05, 0.1) is 46.2 Å². The molecule has 2 saturated heterocycles. The van der Waals surface area contributed by atoms with Gasteiger partial charge in [0, 0.05) is 37.3 Å². The lowest BCUT2D eigenvalue weighted by Gasteiger charge is -2.31. The molecule has 1 amide bonds. The van der Waals surface area contributed by atoms with Crippen molar-refractivity contribution in [2.75, 3.05) is 60.7 Å². The van der Waals surface area contributed by atoms with E-state index >= 15 is 0 Å². The van der Waals surface area contributed by atoms with Gasteiger partial charge in [-0.05, 0) is 48.9 Å². The van der Waals surface area contributed by atoms with E-state index in [2.05, 4.69) is 4.90 Å². The lowest BCUT2D eigenvalue weighted by Crippen LogP contribution is -2.42. The molecule has 1 N–H and O–H groups in total. The molecule has 36 heavy (non-hydrogen) atoms. The van der Waals surface area contributed by atoms with Gasteiger partial charge in [-0.3, -0.25) is 14.5 Å². The molecule has 2 heterocycles. The first kappa shape index (κ1) is 25.5. The van der Waals surface area contributed by atoms with E-state index in [9.17, 15) is 14.7 Å². The van der Waals surface area contributed by atoms with E-state index in [1.54, 1.807) is 50.6 Å². The number of nitrogens with zero attached hydrogens (tertiary/aromatic N) is 2. The van der Waals surface area contributed by atoms with Crippen LogP contribution in [0.4, 0.5) is 0 Å². The Kier molecular flexibility index (Phi) is 7.81. The van der Waals surface area contributed by atoms with Gasteiger partial charge in [-0.25, -0.2) is 0 Å². The van der Waals surface area contributed by atoms with Gasteiger partial charge in [-0.15, -0.1) is 0 Å². The number of aliphatic hydroxyl groups is 1. The zero-order valence-electron chi connectivity index (χ0n) is 21.1. The predicted octanol–water partition coefficient (Wildman–Crippen LogP) is 2.77. The van der Waals surface area contributed by atoms with E-state index in [1.165, 1.54) is 12.0 Å². The van der Waals surface area contributed by atoms with E-state index < -0.39 is 17.7 Å². The smallest absolute Gasteiger partial charge is 0.295 e. The highest BCUT2D eigenvalue weighted by Gasteiger charge is 2.47. The number of carbonyl (C=O) groups excluding carboxylic acids is 2. The molecule has 2 aliphatic heterocycles. The molecule has 0 spiro atoms. The molecule has 0 unspecified atom stereocenters. The first-order chi connectivity index (χ1) is 17.4. The van der Waals surface area contributed by atoms with Gasteiger partial charge in [0.25, 0.3) is 11.7 Å². The Morgan fingerprint density at radius 3 is 2.31 bits per heavy atom. The molecule has 2 aromatic carbocycles. The number of hydrogen-bond donors (Lipinski definition) is 1. The summed E-state index contributed by atoms with van der Waals surface area (Å²) < 4.78 is 21.8. The van der Waals surface area contributed by atoms with Gasteiger partial charge < -0.3 is 29.0 Å². The fraction of sp³-hybridized carbons (Fsp3) is 0.407. The van der Waals surface area contributed by atoms with Crippen molar-refractivity contribution in [3.05, 3.63) is 58.7 Å². The van der Waals surface area contributed by atoms with Crippen molar-refractivity contribution in [2.45, 2.75) is 13.0 Å². The maximum Gasteiger partial charge on any atom is 0.295 e. The number of ketones is 1. The third kappa shape index (κ3) is 4.89. The minimum atomic E-state index is -0.849. The Morgan fingerprint density at radius 1 is 0.972 bits per heavy atom. The van der Waals surface area contributed by atoms with E-state index in [4.69, 9.17) is 18.9 Å². The van der Waals surface area contributed by atoms with Crippen LogP contribution in [0.3, 0.4) is 0 Å². The lowest BCUT2D eigenvalue weighted by atomic mass is 9.94. The second kappa shape index (κ2) is 11.0. The third-order valence-electron chi connectivity index (χ3n) is 6.70. The molecule has 1 atom stereocenters. The van der Waals surface area contributed by atoms with Gasteiger partial charge in [-0.1, -0.05) is 0 Å². The van der Waals surface area contributed by atoms with Crippen LogP contribution >= 0.6 is 0 Å². The second-order valence-corrected chi connectivity index (χ2v) is 8.74. The van der Waals surface area contributed by atoms with Crippen molar-refractivity contribution in [1.29, 1.82) is 0 Å². The summed E-state index contributed by atoms with van der Waals surface area (Å²) in [5.41, 5.74) is 1.79. The normalized spacial score (nSPS) is 20.0. The number of methoxy groups -OCH3 is 3. The Morgan fingerprint density at radius 2 is 1.67 bits per heavy atom. The molecule has 192 valence electrons. The van der Waals surface area contributed by atoms with Crippen LogP contribution in [0.15, 0.2) is 42.0 Å². The summed E-state index contributed by atoms with van der Waals surface area (Å²) in [6, 6.07) is 9.49. The third-order valence-corrected chi connectivity index (χ3v) is 6.70. The summed E-state index contributed by atoms with van der Waals surface area (Å²) in [5.74, 6) is 0.0369. The van der Waals surface area contributed by atoms with Crippen LogP contribution in [0, 0.1) is 6.92 Å². The lowest BCUT2D eigenvalue weighted by molar-refractivity contribution is -0.140. The number of aryl methyl sites for hydroxylation is 1. The predicted molar refractivity (Wildman–Crippen MR) is 134 cm³/mol. The summed E-state index contributed by atoms with van der Waals surface area (Å²) in [6.45, 7) is 5.48. The molecule has 2 aromatic rings. The number of amides is 1. The van der Waals surface area contributed by atoms with Gasteiger partial charge in [0.1, 0.15) is 23.0 Å². The van der Waals surface area contributed by atoms with Crippen LogP contribution in [0.25, 0.3) is 5.76 Å².